The Morgan fingerprint density at radius 2 is 1.93 bits per heavy atom. The largest absolute Gasteiger partial charge is 0.431 e. The monoisotopic (exact) mass is 419 g/mol. The lowest BCUT2D eigenvalue weighted by Crippen LogP contribution is -2.30. The van der Waals surface area contributed by atoms with Gasteiger partial charge in [-0.3, -0.25) is 4.79 Å². The zero-order chi connectivity index (χ0) is 20.3. The van der Waals surface area contributed by atoms with E-state index in [9.17, 15) is 13.2 Å². The van der Waals surface area contributed by atoms with Crippen LogP contribution in [0.4, 0.5) is 0 Å². The van der Waals surface area contributed by atoms with E-state index in [2.05, 4.69) is 10.3 Å². The van der Waals surface area contributed by atoms with Crippen molar-refractivity contribution in [1.29, 1.82) is 0 Å². The maximum Gasteiger partial charge on any atom is 0.257 e. The predicted octanol–water partition coefficient (Wildman–Crippen LogP) is 2.88. The summed E-state index contributed by atoms with van der Waals surface area (Å²) in [6, 6.07) is 14.2. The summed E-state index contributed by atoms with van der Waals surface area (Å²) in [4.78, 5) is 16.8. The van der Waals surface area contributed by atoms with Crippen LogP contribution < -0.4 is 5.32 Å². The first kappa shape index (κ1) is 20.4. The quantitative estimate of drug-likeness (QED) is 0.592. The smallest absolute Gasteiger partial charge is 0.257 e. The van der Waals surface area contributed by atoms with Crippen molar-refractivity contribution in [3.05, 3.63) is 54.1 Å². The maximum absolute atomic E-state index is 12.3. The summed E-state index contributed by atoms with van der Waals surface area (Å²) >= 11 is 1.18. The molecule has 0 unspecified atom stereocenters. The third-order valence-electron chi connectivity index (χ3n) is 4.07. The van der Waals surface area contributed by atoms with Crippen molar-refractivity contribution >= 4 is 38.8 Å². The molecule has 1 aromatic heterocycles. The second-order valence-electron chi connectivity index (χ2n) is 6.36. The molecule has 0 spiro atoms. The second-order valence-corrected chi connectivity index (χ2v) is 9.80. The highest BCUT2D eigenvalue weighted by atomic mass is 32.2. The van der Waals surface area contributed by atoms with Crippen LogP contribution in [0.25, 0.3) is 11.1 Å². The van der Waals surface area contributed by atoms with E-state index in [1.807, 2.05) is 30.3 Å². The number of aromatic nitrogens is 1. The average Bonchev–Trinajstić information content (AvgIpc) is 3.08. The topological polar surface area (TPSA) is 92.5 Å². The number of benzene rings is 2. The molecule has 28 heavy (non-hydrogen) atoms. The van der Waals surface area contributed by atoms with Crippen LogP contribution in [0, 0.1) is 0 Å². The third kappa shape index (κ3) is 4.54. The fraction of sp³-hybridized carbons (Fsp3) is 0.263. The Hall–Kier alpha value is -2.36. The number of hydrogen-bond acceptors (Lipinski definition) is 6. The molecule has 3 aromatic rings. The zero-order valence-electron chi connectivity index (χ0n) is 15.7. The van der Waals surface area contributed by atoms with Crippen LogP contribution >= 0.6 is 11.8 Å². The molecule has 9 heteroatoms. The summed E-state index contributed by atoms with van der Waals surface area (Å²) in [5.74, 6) is -0.132. The van der Waals surface area contributed by atoms with Crippen LogP contribution in [0.3, 0.4) is 0 Å². The maximum atomic E-state index is 12.3. The highest BCUT2D eigenvalue weighted by Gasteiger charge is 2.21. The Labute approximate surface area is 168 Å². The summed E-state index contributed by atoms with van der Waals surface area (Å²) in [6.07, 6.45) is 0. The minimum Gasteiger partial charge on any atom is -0.431 e. The standard InChI is InChI=1S/C19H21N3O4S2/c1-13(18(23)20-12-14-7-5-4-6-8-14)27-19-21-16-11-15(9-10-17(16)26-19)28(24,25)22(2)3/h4-11,13H,12H2,1-3H3,(H,20,23)/t13-/m1/s1. The number of carbonyl (C=O) groups excluding carboxylic acids is 1. The highest BCUT2D eigenvalue weighted by molar-refractivity contribution is 8.00. The van der Waals surface area contributed by atoms with E-state index >= 15 is 0 Å². The van der Waals surface area contributed by atoms with E-state index in [-0.39, 0.29) is 10.8 Å². The van der Waals surface area contributed by atoms with Crippen molar-refractivity contribution in [2.45, 2.75) is 28.8 Å². The molecule has 3 rings (SSSR count). The summed E-state index contributed by atoms with van der Waals surface area (Å²) in [5, 5.41) is 2.78. The fourth-order valence-electron chi connectivity index (χ4n) is 2.44. The molecule has 0 bridgehead atoms. The van der Waals surface area contributed by atoms with E-state index in [0.29, 0.717) is 22.9 Å². The van der Waals surface area contributed by atoms with Gasteiger partial charge in [-0.15, -0.1) is 0 Å². The van der Waals surface area contributed by atoms with E-state index in [1.54, 1.807) is 13.0 Å². The van der Waals surface area contributed by atoms with Crippen LogP contribution in [0.15, 0.2) is 63.1 Å². The molecule has 7 nitrogen and oxygen atoms in total. The molecule has 0 saturated carbocycles. The molecule has 2 aromatic carbocycles. The number of fused-ring (bicyclic) bond motifs is 1. The Bertz CT molecular complexity index is 1080. The van der Waals surface area contributed by atoms with Crippen LogP contribution in [-0.4, -0.2) is 43.0 Å². The number of thioether (sulfide) groups is 1. The molecule has 0 aliphatic carbocycles. The van der Waals surface area contributed by atoms with Crippen molar-refractivity contribution in [2.75, 3.05) is 14.1 Å². The van der Waals surface area contributed by atoms with Gasteiger partial charge in [0.05, 0.1) is 10.1 Å². The van der Waals surface area contributed by atoms with Crippen molar-refractivity contribution in [3.8, 4) is 0 Å². The second kappa shape index (κ2) is 8.34. The van der Waals surface area contributed by atoms with E-state index in [4.69, 9.17) is 4.42 Å². The highest BCUT2D eigenvalue weighted by Crippen LogP contribution is 2.28. The van der Waals surface area contributed by atoms with E-state index in [0.717, 1.165) is 9.87 Å². The molecule has 0 fully saturated rings. The van der Waals surface area contributed by atoms with Crippen molar-refractivity contribution in [2.24, 2.45) is 0 Å². The molecule has 0 aliphatic heterocycles. The van der Waals surface area contributed by atoms with Crippen LogP contribution in [0.5, 0.6) is 0 Å². The number of sulfonamides is 1. The number of carbonyl (C=O) groups is 1. The zero-order valence-corrected chi connectivity index (χ0v) is 17.4. The van der Waals surface area contributed by atoms with Gasteiger partial charge in [-0.25, -0.2) is 17.7 Å². The van der Waals surface area contributed by atoms with E-state index < -0.39 is 15.3 Å². The predicted molar refractivity (Wildman–Crippen MR) is 108 cm³/mol. The molecule has 1 N–H and O–H groups in total. The Morgan fingerprint density at radius 3 is 2.61 bits per heavy atom. The first-order valence-corrected chi connectivity index (χ1v) is 10.9. The molecule has 0 radical (unpaired) electrons. The Kier molecular flexibility index (Phi) is 6.07. The molecular weight excluding hydrogens is 398 g/mol. The van der Waals surface area contributed by atoms with Gasteiger partial charge in [0.1, 0.15) is 5.52 Å². The van der Waals surface area contributed by atoms with Gasteiger partial charge in [0.2, 0.25) is 15.9 Å². The number of rotatable bonds is 7. The van der Waals surface area contributed by atoms with Gasteiger partial charge >= 0.3 is 0 Å². The Morgan fingerprint density at radius 1 is 1.21 bits per heavy atom. The van der Waals surface area contributed by atoms with Crippen LogP contribution in [-0.2, 0) is 21.4 Å². The van der Waals surface area contributed by atoms with Crippen LogP contribution in [0.1, 0.15) is 12.5 Å². The normalized spacial score (nSPS) is 13.0. The number of nitrogens with zero attached hydrogens (tertiary/aromatic N) is 2. The molecular formula is C19H21N3O4S2. The Balaban J connectivity index is 1.69. The number of amides is 1. The lowest BCUT2D eigenvalue weighted by atomic mass is 10.2. The summed E-state index contributed by atoms with van der Waals surface area (Å²) in [5.41, 5.74) is 1.92. The van der Waals surface area contributed by atoms with Gasteiger partial charge in [0.15, 0.2) is 5.58 Å². The van der Waals surface area contributed by atoms with Crippen molar-refractivity contribution in [3.63, 3.8) is 0 Å². The number of nitrogens with one attached hydrogen (secondary N) is 1. The molecule has 148 valence electrons. The molecule has 0 saturated heterocycles. The number of hydrogen-bond donors (Lipinski definition) is 1. The lowest BCUT2D eigenvalue weighted by Gasteiger charge is -2.10. The summed E-state index contributed by atoms with van der Waals surface area (Å²) in [7, 11) is -0.605. The number of oxazole rings is 1. The van der Waals surface area contributed by atoms with E-state index in [1.165, 1.54) is 38.0 Å². The first-order valence-electron chi connectivity index (χ1n) is 8.59. The summed E-state index contributed by atoms with van der Waals surface area (Å²) in [6.45, 7) is 2.21. The van der Waals surface area contributed by atoms with Gasteiger partial charge in [-0.05, 0) is 30.7 Å². The van der Waals surface area contributed by atoms with Crippen molar-refractivity contribution in [1.82, 2.24) is 14.6 Å². The minimum absolute atomic E-state index is 0.132. The van der Waals surface area contributed by atoms with Crippen LogP contribution in [0.2, 0.25) is 0 Å². The van der Waals surface area contributed by atoms with Gasteiger partial charge in [-0.2, -0.15) is 0 Å². The first-order chi connectivity index (χ1) is 13.3. The summed E-state index contributed by atoms with van der Waals surface area (Å²) < 4.78 is 31.3. The van der Waals surface area contributed by atoms with Gasteiger partial charge in [0.25, 0.3) is 5.22 Å². The third-order valence-corrected chi connectivity index (χ3v) is 6.83. The molecule has 0 aliphatic rings. The average molecular weight is 420 g/mol. The van der Waals surface area contributed by atoms with Gasteiger partial charge in [0, 0.05) is 20.6 Å². The van der Waals surface area contributed by atoms with Gasteiger partial charge in [-0.1, -0.05) is 42.1 Å². The minimum atomic E-state index is -3.55. The van der Waals surface area contributed by atoms with Gasteiger partial charge < -0.3 is 9.73 Å². The lowest BCUT2D eigenvalue weighted by molar-refractivity contribution is -0.120. The molecule has 1 amide bonds. The van der Waals surface area contributed by atoms with Crippen molar-refractivity contribution < 1.29 is 17.6 Å². The molecule has 1 atom stereocenters. The molecule has 1 heterocycles. The SMILES string of the molecule is C[C@@H](Sc1nc2cc(S(=O)(=O)N(C)C)ccc2o1)C(=O)NCc1ccccc1. The fourth-order valence-corrected chi connectivity index (χ4v) is 4.15.